The summed E-state index contributed by atoms with van der Waals surface area (Å²) in [6.07, 6.45) is 8.42. The predicted octanol–water partition coefficient (Wildman–Crippen LogP) is 7.31. The maximum Gasteiger partial charge on any atom is 0.277 e. The zero-order chi connectivity index (χ0) is 50.9. The van der Waals surface area contributed by atoms with Crippen molar-refractivity contribution in [2.45, 2.75) is 43.4 Å². The number of carbonyl (C=O) groups is 3. The van der Waals surface area contributed by atoms with Crippen molar-refractivity contribution in [2.24, 2.45) is 0 Å². The van der Waals surface area contributed by atoms with Gasteiger partial charge < -0.3 is 35.6 Å². The second-order valence-electron chi connectivity index (χ2n) is 18.8. The first-order valence-electron chi connectivity index (χ1n) is 24.9. The number of amides is 3. The van der Waals surface area contributed by atoms with Crippen LogP contribution in [0.15, 0.2) is 120 Å². The highest BCUT2D eigenvalue weighted by Gasteiger charge is 2.30. The molecule has 10 rings (SSSR count). The van der Waals surface area contributed by atoms with Crippen molar-refractivity contribution in [3.63, 3.8) is 0 Å². The van der Waals surface area contributed by atoms with Gasteiger partial charge in [-0.2, -0.15) is 4.31 Å². The van der Waals surface area contributed by atoms with Crippen LogP contribution in [-0.4, -0.2) is 140 Å². The van der Waals surface area contributed by atoms with Crippen LogP contribution in [0.5, 0.6) is 0 Å². The molecule has 2 aromatic heterocycles. The molecule has 18 nitrogen and oxygen atoms in total. The summed E-state index contributed by atoms with van der Waals surface area (Å²) >= 11 is 0. The van der Waals surface area contributed by atoms with E-state index >= 15 is 0 Å². The molecule has 5 heterocycles. The van der Waals surface area contributed by atoms with Crippen molar-refractivity contribution in [3.8, 4) is 0 Å². The van der Waals surface area contributed by atoms with Crippen molar-refractivity contribution in [2.75, 3.05) is 105 Å². The Hall–Kier alpha value is -7.29. The summed E-state index contributed by atoms with van der Waals surface area (Å²) in [5, 5.41) is 22.2. The molecule has 3 fully saturated rings. The average Bonchev–Trinajstić information content (AvgIpc) is 4.15. The van der Waals surface area contributed by atoms with Gasteiger partial charge in [0.2, 0.25) is 27.8 Å². The van der Waals surface area contributed by atoms with Crippen molar-refractivity contribution < 1.29 is 28.0 Å². The Bertz CT molecular complexity index is 3100. The molecule has 0 unspecified atom stereocenters. The molecular formula is C54H62N12O6S. The highest BCUT2D eigenvalue weighted by Crippen LogP contribution is 2.36. The van der Waals surface area contributed by atoms with Crippen LogP contribution in [0.1, 0.15) is 48.9 Å². The monoisotopic (exact) mass is 1010 g/mol. The quantitative estimate of drug-likeness (QED) is 0.0388. The molecule has 3 aliphatic heterocycles. The first-order chi connectivity index (χ1) is 35.4. The maximum absolute atomic E-state index is 13.0. The minimum Gasteiger partial charge on any atom is -0.378 e. The van der Waals surface area contributed by atoms with Gasteiger partial charge in [-0.15, -0.1) is 0 Å². The Morgan fingerprint density at radius 3 is 1.70 bits per heavy atom. The number of pyridine rings is 1. The molecule has 0 radical (unpaired) electrons. The van der Waals surface area contributed by atoms with Crippen molar-refractivity contribution in [1.82, 2.24) is 34.5 Å². The normalized spacial score (nSPS) is 15.5. The van der Waals surface area contributed by atoms with E-state index in [-0.39, 0.29) is 22.3 Å². The highest BCUT2D eigenvalue weighted by atomic mass is 32.2. The van der Waals surface area contributed by atoms with E-state index in [1.165, 1.54) is 47.9 Å². The Kier molecular flexibility index (Phi) is 16.0. The van der Waals surface area contributed by atoms with Crippen LogP contribution in [-0.2, 0) is 19.6 Å². The lowest BCUT2D eigenvalue weighted by atomic mass is 10.1. The third kappa shape index (κ3) is 12.5. The lowest BCUT2D eigenvalue weighted by Crippen LogP contribution is -2.49. The van der Waals surface area contributed by atoms with Crippen molar-refractivity contribution >= 4 is 94.7 Å². The fourth-order valence-electron chi connectivity index (χ4n) is 9.47. The molecule has 0 bridgehead atoms. The van der Waals surface area contributed by atoms with Crippen LogP contribution < -0.4 is 31.2 Å². The van der Waals surface area contributed by atoms with Crippen LogP contribution in [0.25, 0.3) is 32.6 Å². The van der Waals surface area contributed by atoms with Crippen LogP contribution >= 0.6 is 0 Å². The Morgan fingerprint density at radius 1 is 0.630 bits per heavy atom. The zero-order valence-corrected chi connectivity index (χ0v) is 42.1. The standard InChI is InChI=1S/C35H43N7O2.C19H19N5O4S/c1-40(2)28-11-7-25(8-12-28)38-35-29-13-9-26(36-33(43)15-21-41-17-3-4-18-41)23-31(29)39-32-24-27(10-14-30(32)35)37-34(44)16-22-42-19-5-6-20-42;25-18(22-26)16-12-20-19(21-13-16)23-7-9-24(10-8-23)29(27,28)17-6-5-14-3-1-2-4-15(14)11-17/h7-14,23-24H,3-6,15-22H2,1-2H3,(H,36,43)(H,37,44)(H,38,39);1-6,11-13,26H,7-10H2,(H,22,25). The lowest BCUT2D eigenvalue weighted by molar-refractivity contribution is -0.117. The van der Waals surface area contributed by atoms with E-state index in [9.17, 15) is 22.8 Å². The maximum atomic E-state index is 13.0. The van der Waals surface area contributed by atoms with Gasteiger partial charge in [-0.05, 0) is 135 Å². The van der Waals surface area contributed by atoms with Crippen molar-refractivity contribution in [1.29, 1.82) is 0 Å². The number of sulfonamides is 1. The second-order valence-corrected chi connectivity index (χ2v) is 20.8. The van der Waals surface area contributed by atoms with Crippen LogP contribution in [0.4, 0.5) is 34.4 Å². The average molecular weight is 1010 g/mol. The number of benzene rings is 5. The SMILES string of the molecule is CN(C)c1ccc(Nc2c3ccc(NC(=O)CCN4CCCC4)cc3nc3cc(NC(=O)CCN4CCCC4)ccc23)cc1.O=C(NO)c1cnc(N2CCN(S(=O)(=O)c3ccc4ccccc4c3)CC2)nc1. The Morgan fingerprint density at radius 2 is 1.16 bits per heavy atom. The summed E-state index contributed by atoms with van der Waals surface area (Å²) in [7, 11) is 0.456. The predicted molar refractivity (Wildman–Crippen MR) is 287 cm³/mol. The summed E-state index contributed by atoms with van der Waals surface area (Å²) in [5.41, 5.74) is 7.65. The van der Waals surface area contributed by atoms with Gasteiger partial charge in [-0.3, -0.25) is 19.6 Å². The molecular weight excluding hydrogens is 945 g/mol. The number of hydrogen-bond acceptors (Lipinski definition) is 14. The molecule has 7 aromatic rings. The largest absolute Gasteiger partial charge is 0.378 e. The van der Waals surface area contributed by atoms with Crippen LogP contribution in [0, 0.1) is 0 Å². The molecule has 3 amide bonds. The third-order valence-electron chi connectivity index (χ3n) is 13.6. The number of aromatic nitrogens is 3. The molecule has 3 aliphatic rings. The number of likely N-dealkylation sites (tertiary alicyclic amines) is 2. The van der Waals surface area contributed by atoms with Gasteiger partial charge in [0.25, 0.3) is 5.91 Å². The summed E-state index contributed by atoms with van der Waals surface area (Å²) < 4.78 is 27.5. The molecule has 5 N–H and O–H groups in total. The number of hydrogen-bond donors (Lipinski definition) is 5. The van der Waals surface area contributed by atoms with Crippen molar-refractivity contribution in [3.05, 3.63) is 121 Å². The fourth-order valence-corrected chi connectivity index (χ4v) is 10.9. The van der Waals surface area contributed by atoms with Crippen LogP contribution in [0.2, 0.25) is 0 Å². The van der Waals surface area contributed by atoms with E-state index in [2.05, 4.69) is 64.9 Å². The number of fused-ring (bicyclic) bond motifs is 3. The van der Waals surface area contributed by atoms with Gasteiger partial charge in [0.1, 0.15) is 0 Å². The van der Waals surface area contributed by atoms with E-state index in [0.717, 1.165) is 100 Å². The topological polar surface area (TPSA) is 209 Å². The zero-order valence-electron chi connectivity index (χ0n) is 41.3. The Labute approximate surface area is 425 Å². The Balaban J connectivity index is 0.000000196. The first-order valence-corrected chi connectivity index (χ1v) is 26.3. The number of carbonyl (C=O) groups excluding carboxylic acids is 3. The number of hydroxylamine groups is 1. The van der Waals surface area contributed by atoms with Gasteiger partial charge in [0.15, 0.2) is 0 Å². The smallest absolute Gasteiger partial charge is 0.277 e. The van der Waals surface area contributed by atoms with Gasteiger partial charge in [-0.25, -0.2) is 28.8 Å². The highest BCUT2D eigenvalue weighted by molar-refractivity contribution is 7.89. The van der Waals surface area contributed by atoms with E-state index in [4.69, 9.17) is 10.2 Å². The van der Waals surface area contributed by atoms with Gasteiger partial charge in [-0.1, -0.05) is 30.3 Å². The number of piperazine rings is 1. The number of rotatable bonds is 15. The van der Waals surface area contributed by atoms with Crippen LogP contribution in [0.3, 0.4) is 0 Å². The summed E-state index contributed by atoms with van der Waals surface area (Å²) in [6.45, 7) is 7.35. The summed E-state index contributed by atoms with van der Waals surface area (Å²) in [5.74, 6) is -0.268. The lowest BCUT2D eigenvalue weighted by Gasteiger charge is -2.34. The molecule has 19 heteroatoms. The van der Waals surface area contributed by atoms with E-state index in [0.29, 0.717) is 45.0 Å². The van der Waals surface area contributed by atoms with E-state index < -0.39 is 15.9 Å². The number of anilines is 6. The summed E-state index contributed by atoms with van der Waals surface area (Å²) in [4.78, 5) is 59.0. The fraction of sp³-hybridized carbons (Fsp3) is 0.333. The van der Waals surface area contributed by atoms with E-state index in [1.54, 1.807) is 12.1 Å². The van der Waals surface area contributed by atoms with Gasteiger partial charge in [0, 0.05) is 112 Å². The second kappa shape index (κ2) is 23.1. The number of nitrogens with one attached hydrogen (secondary N) is 4. The molecule has 0 atom stereocenters. The van der Waals surface area contributed by atoms with E-state index in [1.807, 2.05) is 85.7 Å². The third-order valence-corrected chi connectivity index (χ3v) is 15.5. The minimum absolute atomic E-state index is 0.00954. The molecule has 0 spiro atoms. The molecule has 380 valence electrons. The number of nitrogens with zero attached hydrogens (tertiary/aromatic N) is 8. The molecule has 0 saturated carbocycles. The van der Waals surface area contributed by atoms with Gasteiger partial charge >= 0.3 is 0 Å². The minimum atomic E-state index is -3.60. The van der Waals surface area contributed by atoms with Gasteiger partial charge in [0.05, 0.1) is 27.2 Å². The molecule has 5 aromatic carbocycles. The molecule has 0 aliphatic carbocycles. The molecule has 73 heavy (non-hydrogen) atoms. The summed E-state index contributed by atoms with van der Waals surface area (Å²) in [6, 6.07) is 32.9. The first kappa shape index (κ1) is 50.6. The molecule has 3 saturated heterocycles.